The fourth-order valence-electron chi connectivity index (χ4n) is 2.89. The Kier molecular flexibility index (Phi) is 3.82. The van der Waals surface area contributed by atoms with Crippen LogP contribution in [-0.2, 0) is 6.54 Å². The Bertz CT molecular complexity index is 650. The number of nitrogens with one attached hydrogen (secondary N) is 1. The molecule has 0 bridgehead atoms. The normalized spacial score (nSPS) is 19.0. The minimum atomic E-state index is -0.00833. The van der Waals surface area contributed by atoms with Gasteiger partial charge in [0.05, 0.1) is 6.54 Å². The van der Waals surface area contributed by atoms with Crippen LogP contribution in [0, 0.1) is 6.92 Å². The second kappa shape index (κ2) is 5.76. The molecule has 2 heterocycles. The quantitative estimate of drug-likeness (QED) is 0.922. The zero-order chi connectivity index (χ0) is 14.8. The van der Waals surface area contributed by atoms with Crippen LogP contribution < -0.4 is 5.32 Å². The summed E-state index contributed by atoms with van der Waals surface area (Å²) in [6.45, 7) is 5.38. The molecule has 0 spiro atoms. The lowest BCUT2D eigenvalue weighted by Crippen LogP contribution is -2.47. The number of rotatable bonds is 2. The smallest absolute Gasteiger partial charge is 0.317 e. The maximum absolute atomic E-state index is 12.3. The number of urea groups is 1. The molecule has 0 aliphatic carbocycles. The largest absolute Gasteiger partial charge is 0.356 e. The summed E-state index contributed by atoms with van der Waals surface area (Å²) in [5, 5.41) is 8.00. The van der Waals surface area contributed by atoms with E-state index in [4.69, 9.17) is 4.52 Å². The van der Waals surface area contributed by atoms with Crippen molar-refractivity contribution in [3.63, 3.8) is 0 Å². The fraction of sp³-hybridized carbons (Fsp3) is 0.500. The molecule has 1 N–H and O–H groups in total. The lowest BCUT2D eigenvalue weighted by Gasteiger charge is -2.33. The minimum absolute atomic E-state index is 0.00833. The zero-order valence-electron chi connectivity index (χ0n) is 12.6. The lowest BCUT2D eigenvalue weighted by molar-refractivity contribution is 0.157. The van der Waals surface area contributed by atoms with Crippen LogP contribution in [0.3, 0.4) is 0 Å². The molecule has 1 aliphatic heterocycles. The Morgan fingerprint density at radius 3 is 3.14 bits per heavy atom. The highest BCUT2D eigenvalue weighted by atomic mass is 16.5. The SMILES string of the molecule is Cc1ccc2onc(CNC(=O)N3CCCCC3C)c2c1. The molecule has 3 rings (SSSR count). The molecule has 1 aromatic heterocycles. The fourth-order valence-corrected chi connectivity index (χ4v) is 2.89. The second-order valence-corrected chi connectivity index (χ2v) is 5.83. The van der Waals surface area contributed by atoms with Crippen LogP contribution in [0.5, 0.6) is 0 Å². The molecule has 5 heteroatoms. The molecule has 0 saturated carbocycles. The average Bonchev–Trinajstić information content (AvgIpc) is 2.87. The van der Waals surface area contributed by atoms with E-state index in [1.807, 2.05) is 30.0 Å². The van der Waals surface area contributed by atoms with E-state index in [0.29, 0.717) is 12.6 Å². The van der Waals surface area contributed by atoms with Gasteiger partial charge in [0.15, 0.2) is 5.58 Å². The first kappa shape index (κ1) is 13.9. The van der Waals surface area contributed by atoms with Crippen molar-refractivity contribution in [2.45, 2.75) is 45.7 Å². The number of hydrogen-bond acceptors (Lipinski definition) is 3. The van der Waals surface area contributed by atoms with Gasteiger partial charge in [-0.15, -0.1) is 0 Å². The number of carbonyl (C=O) groups excluding carboxylic acids is 1. The molecule has 1 atom stereocenters. The maximum Gasteiger partial charge on any atom is 0.317 e. The van der Waals surface area contributed by atoms with E-state index < -0.39 is 0 Å². The number of benzene rings is 1. The highest BCUT2D eigenvalue weighted by molar-refractivity contribution is 5.81. The third-order valence-electron chi connectivity index (χ3n) is 4.17. The molecule has 21 heavy (non-hydrogen) atoms. The van der Waals surface area contributed by atoms with Gasteiger partial charge in [-0.05, 0) is 45.2 Å². The predicted molar refractivity (Wildman–Crippen MR) is 81.0 cm³/mol. The summed E-state index contributed by atoms with van der Waals surface area (Å²) in [5.41, 5.74) is 2.70. The van der Waals surface area contributed by atoms with Gasteiger partial charge in [0.1, 0.15) is 5.69 Å². The van der Waals surface area contributed by atoms with Crippen LogP contribution in [0.15, 0.2) is 22.7 Å². The number of amides is 2. The van der Waals surface area contributed by atoms with E-state index in [1.54, 1.807) is 0 Å². The van der Waals surface area contributed by atoms with E-state index >= 15 is 0 Å². The molecular formula is C16H21N3O2. The second-order valence-electron chi connectivity index (χ2n) is 5.83. The number of piperidine rings is 1. The first-order chi connectivity index (χ1) is 10.1. The van der Waals surface area contributed by atoms with E-state index in [0.717, 1.165) is 41.6 Å². The van der Waals surface area contributed by atoms with Crippen LogP contribution in [0.25, 0.3) is 11.0 Å². The molecule has 1 aromatic carbocycles. The van der Waals surface area contributed by atoms with Crippen molar-refractivity contribution >= 4 is 17.0 Å². The molecule has 0 radical (unpaired) electrons. The van der Waals surface area contributed by atoms with Crippen LogP contribution in [-0.4, -0.2) is 28.7 Å². The zero-order valence-corrected chi connectivity index (χ0v) is 12.6. The first-order valence-corrected chi connectivity index (χ1v) is 7.54. The van der Waals surface area contributed by atoms with E-state index in [1.165, 1.54) is 6.42 Å². The summed E-state index contributed by atoms with van der Waals surface area (Å²) < 4.78 is 5.29. The van der Waals surface area contributed by atoms with Crippen molar-refractivity contribution in [1.29, 1.82) is 0 Å². The van der Waals surface area contributed by atoms with Gasteiger partial charge in [0, 0.05) is 18.0 Å². The highest BCUT2D eigenvalue weighted by Gasteiger charge is 2.23. The molecule has 2 aromatic rings. The van der Waals surface area contributed by atoms with Gasteiger partial charge in [0.2, 0.25) is 0 Å². The molecule has 5 nitrogen and oxygen atoms in total. The van der Waals surface area contributed by atoms with Crippen molar-refractivity contribution in [2.75, 3.05) is 6.54 Å². The molecule has 112 valence electrons. The monoisotopic (exact) mass is 287 g/mol. The summed E-state index contributed by atoms with van der Waals surface area (Å²) in [7, 11) is 0. The topological polar surface area (TPSA) is 58.4 Å². The van der Waals surface area contributed by atoms with Crippen molar-refractivity contribution < 1.29 is 9.32 Å². The lowest BCUT2D eigenvalue weighted by atomic mass is 10.0. The van der Waals surface area contributed by atoms with Gasteiger partial charge in [-0.25, -0.2) is 4.79 Å². The number of aryl methyl sites for hydroxylation is 1. The number of aromatic nitrogens is 1. The maximum atomic E-state index is 12.3. The number of likely N-dealkylation sites (tertiary alicyclic amines) is 1. The Hall–Kier alpha value is -2.04. The Morgan fingerprint density at radius 2 is 2.33 bits per heavy atom. The molecule has 1 fully saturated rings. The first-order valence-electron chi connectivity index (χ1n) is 7.54. The van der Waals surface area contributed by atoms with Crippen LogP contribution in [0.1, 0.15) is 37.4 Å². The summed E-state index contributed by atoms with van der Waals surface area (Å²) >= 11 is 0. The summed E-state index contributed by atoms with van der Waals surface area (Å²) in [6.07, 6.45) is 3.38. The number of fused-ring (bicyclic) bond motifs is 1. The van der Waals surface area contributed by atoms with Gasteiger partial charge >= 0.3 is 6.03 Å². The van der Waals surface area contributed by atoms with Crippen molar-refractivity contribution in [3.8, 4) is 0 Å². The van der Waals surface area contributed by atoms with E-state index in [-0.39, 0.29) is 6.03 Å². The van der Waals surface area contributed by atoms with Gasteiger partial charge in [-0.1, -0.05) is 16.8 Å². The van der Waals surface area contributed by atoms with Crippen molar-refractivity contribution in [2.24, 2.45) is 0 Å². The third-order valence-corrected chi connectivity index (χ3v) is 4.17. The molecule has 1 aliphatic rings. The summed E-state index contributed by atoms with van der Waals surface area (Å²) in [4.78, 5) is 14.2. The summed E-state index contributed by atoms with van der Waals surface area (Å²) in [6, 6.07) is 6.25. The van der Waals surface area contributed by atoms with Gasteiger partial charge in [-0.2, -0.15) is 0 Å². The predicted octanol–water partition coefficient (Wildman–Crippen LogP) is 3.22. The number of hydrogen-bond donors (Lipinski definition) is 1. The standard InChI is InChI=1S/C16H21N3O2/c1-11-6-7-15-13(9-11)14(18-21-15)10-17-16(20)19-8-4-3-5-12(19)2/h6-7,9,12H,3-5,8,10H2,1-2H3,(H,17,20). The van der Waals surface area contributed by atoms with Gasteiger partial charge in [-0.3, -0.25) is 0 Å². The highest BCUT2D eigenvalue weighted by Crippen LogP contribution is 2.20. The summed E-state index contributed by atoms with van der Waals surface area (Å²) in [5.74, 6) is 0. The molecule has 2 amide bonds. The average molecular weight is 287 g/mol. The molecule has 1 unspecified atom stereocenters. The third kappa shape index (κ3) is 2.86. The van der Waals surface area contributed by atoms with Gasteiger partial charge < -0.3 is 14.7 Å². The minimum Gasteiger partial charge on any atom is -0.356 e. The Morgan fingerprint density at radius 1 is 1.48 bits per heavy atom. The van der Waals surface area contributed by atoms with Crippen molar-refractivity contribution in [3.05, 3.63) is 29.5 Å². The van der Waals surface area contributed by atoms with Crippen LogP contribution in [0.4, 0.5) is 4.79 Å². The Balaban J connectivity index is 1.68. The van der Waals surface area contributed by atoms with E-state index in [9.17, 15) is 4.79 Å². The number of carbonyl (C=O) groups is 1. The van der Waals surface area contributed by atoms with Gasteiger partial charge in [0.25, 0.3) is 0 Å². The number of nitrogens with zero attached hydrogens (tertiary/aromatic N) is 2. The Labute approximate surface area is 124 Å². The van der Waals surface area contributed by atoms with E-state index in [2.05, 4.69) is 17.4 Å². The molecule has 1 saturated heterocycles. The molecular weight excluding hydrogens is 266 g/mol. The van der Waals surface area contributed by atoms with Crippen LogP contribution >= 0.6 is 0 Å². The van der Waals surface area contributed by atoms with Crippen LogP contribution in [0.2, 0.25) is 0 Å². The van der Waals surface area contributed by atoms with Crippen molar-refractivity contribution in [1.82, 2.24) is 15.4 Å².